The molecule has 1 aromatic rings. The third-order valence-electron chi connectivity index (χ3n) is 4.41. The monoisotopic (exact) mass is 399 g/mol. The number of piperidine rings is 1. The first-order valence-electron chi connectivity index (χ1n) is 9.64. The Hall–Kier alpha value is -3.29. The molecule has 1 aliphatic rings. The first-order chi connectivity index (χ1) is 13.9. The Bertz CT molecular complexity index is 778. The van der Waals surface area contributed by atoms with Crippen LogP contribution < -0.4 is 16.4 Å². The topological polar surface area (TPSA) is 109 Å². The minimum absolute atomic E-state index is 0.119. The molecule has 2 amide bonds. The van der Waals surface area contributed by atoms with Gasteiger partial charge in [-0.2, -0.15) is 0 Å². The summed E-state index contributed by atoms with van der Waals surface area (Å²) >= 11 is 0. The Morgan fingerprint density at radius 3 is 2.55 bits per heavy atom. The highest BCUT2D eigenvalue weighted by atomic mass is 16.6. The maximum Gasteiger partial charge on any atom is 0.409 e. The average Bonchev–Trinajstić information content (AvgIpc) is 2.68. The lowest BCUT2D eigenvalue weighted by molar-refractivity contribution is -0.114. The van der Waals surface area contributed by atoms with Crippen molar-refractivity contribution in [1.29, 1.82) is 0 Å². The molecule has 156 valence electrons. The summed E-state index contributed by atoms with van der Waals surface area (Å²) in [7, 11) is 0. The first-order valence-corrected chi connectivity index (χ1v) is 9.64. The number of amides is 2. The Balaban J connectivity index is 1.80. The number of allylic oxidation sites excluding steroid dienone is 1. The molecule has 8 heteroatoms. The number of likely N-dealkylation sites (tertiary alicyclic amines) is 1. The summed E-state index contributed by atoms with van der Waals surface area (Å²) in [6.07, 6.45) is 4.66. The molecule has 1 aromatic carbocycles. The molecular weight excluding hydrogens is 370 g/mol. The van der Waals surface area contributed by atoms with Gasteiger partial charge in [-0.05, 0) is 43.5 Å². The summed E-state index contributed by atoms with van der Waals surface area (Å²) in [5.74, 6) is 0.426. The zero-order valence-electron chi connectivity index (χ0n) is 17.0. The van der Waals surface area contributed by atoms with E-state index in [1.54, 1.807) is 36.2 Å². The number of nitrogens with two attached hydrogens (primary N) is 1. The fourth-order valence-corrected chi connectivity index (χ4v) is 2.95. The summed E-state index contributed by atoms with van der Waals surface area (Å²) < 4.78 is 5.02. The van der Waals surface area contributed by atoms with Gasteiger partial charge in [0.2, 0.25) is 5.91 Å². The molecular formula is C21H29N5O3. The first kappa shape index (κ1) is 22.0. The zero-order chi connectivity index (χ0) is 21.2. The molecule has 0 spiro atoms. The molecule has 0 atom stereocenters. The van der Waals surface area contributed by atoms with Crippen LogP contribution in [0.25, 0.3) is 5.70 Å². The van der Waals surface area contributed by atoms with E-state index < -0.39 is 0 Å². The summed E-state index contributed by atoms with van der Waals surface area (Å²) in [6, 6.07) is 7.45. The normalized spacial score (nSPS) is 15.2. The van der Waals surface area contributed by atoms with E-state index in [1.165, 1.54) is 6.92 Å². The van der Waals surface area contributed by atoms with E-state index in [2.05, 4.69) is 22.2 Å². The van der Waals surface area contributed by atoms with E-state index in [0.29, 0.717) is 36.9 Å². The van der Waals surface area contributed by atoms with E-state index in [0.717, 1.165) is 18.4 Å². The van der Waals surface area contributed by atoms with Crippen molar-refractivity contribution in [2.24, 2.45) is 10.7 Å². The van der Waals surface area contributed by atoms with Gasteiger partial charge in [0.15, 0.2) is 0 Å². The largest absolute Gasteiger partial charge is 0.450 e. The molecule has 0 saturated carbocycles. The minimum atomic E-state index is -0.256. The second kappa shape index (κ2) is 10.9. The Morgan fingerprint density at radius 2 is 1.97 bits per heavy atom. The van der Waals surface area contributed by atoms with Crippen LogP contribution >= 0.6 is 0 Å². The van der Waals surface area contributed by atoms with Crippen LogP contribution in [0.1, 0.15) is 32.3 Å². The van der Waals surface area contributed by atoms with Crippen LogP contribution in [0.3, 0.4) is 0 Å². The molecule has 2 rings (SSSR count). The van der Waals surface area contributed by atoms with E-state index in [-0.39, 0.29) is 18.0 Å². The van der Waals surface area contributed by atoms with Crippen LogP contribution in [0.2, 0.25) is 0 Å². The predicted molar refractivity (Wildman–Crippen MR) is 115 cm³/mol. The standard InChI is InChI=1S/C21H29N5O3/c1-4-29-21(28)26-13-10-19(11-14-26)24-15(2)23-12-9-20(22)17-5-7-18(8-6-17)25-16(3)27/h5-9,12,19,24H,2,4,10-11,13-14,22H2,1,3H3,(H,25,27)/b20-9-,23-12?. The molecule has 8 nitrogen and oxygen atoms in total. The minimum Gasteiger partial charge on any atom is -0.450 e. The fourth-order valence-electron chi connectivity index (χ4n) is 2.95. The molecule has 0 bridgehead atoms. The van der Waals surface area contributed by atoms with Crippen LogP contribution in [0, 0.1) is 0 Å². The molecule has 1 fully saturated rings. The van der Waals surface area contributed by atoms with Crippen molar-refractivity contribution in [3.63, 3.8) is 0 Å². The Morgan fingerprint density at radius 1 is 1.31 bits per heavy atom. The van der Waals surface area contributed by atoms with Gasteiger partial charge in [0.25, 0.3) is 0 Å². The number of anilines is 1. The highest BCUT2D eigenvalue weighted by molar-refractivity contribution is 5.89. The number of benzene rings is 1. The Kier molecular flexibility index (Phi) is 8.27. The zero-order valence-corrected chi connectivity index (χ0v) is 17.0. The number of carbonyl (C=O) groups is 2. The number of nitrogens with one attached hydrogen (secondary N) is 2. The highest BCUT2D eigenvalue weighted by Crippen LogP contribution is 2.14. The number of rotatable bonds is 7. The third-order valence-corrected chi connectivity index (χ3v) is 4.41. The van der Waals surface area contributed by atoms with E-state index >= 15 is 0 Å². The van der Waals surface area contributed by atoms with Gasteiger partial charge in [0.05, 0.1) is 6.61 Å². The van der Waals surface area contributed by atoms with Crippen molar-refractivity contribution in [1.82, 2.24) is 10.2 Å². The van der Waals surface area contributed by atoms with E-state index in [1.807, 2.05) is 12.1 Å². The van der Waals surface area contributed by atoms with Crippen molar-refractivity contribution >= 4 is 29.6 Å². The van der Waals surface area contributed by atoms with Crippen LogP contribution in [0.15, 0.2) is 47.7 Å². The molecule has 29 heavy (non-hydrogen) atoms. The van der Waals surface area contributed by atoms with Crippen molar-refractivity contribution in [3.8, 4) is 0 Å². The molecule has 1 aliphatic heterocycles. The van der Waals surface area contributed by atoms with Gasteiger partial charge < -0.3 is 26.0 Å². The van der Waals surface area contributed by atoms with Gasteiger partial charge in [-0.25, -0.2) is 9.79 Å². The van der Waals surface area contributed by atoms with Crippen LogP contribution in [-0.2, 0) is 9.53 Å². The SMILES string of the molecule is C=C(N=C/C=C(\N)c1ccc(NC(C)=O)cc1)NC1CCN(C(=O)OCC)CC1. The molecule has 0 aromatic heterocycles. The predicted octanol–water partition coefficient (Wildman–Crippen LogP) is 2.70. The maximum atomic E-state index is 11.7. The van der Waals surface area contributed by atoms with Crippen LogP contribution in [0.5, 0.6) is 0 Å². The second-order valence-electron chi connectivity index (χ2n) is 6.71. The third kappa shape index (κ3) is 7.33. The summed E-state index contributed by atoms with van der Waals surface area (Å²) in [4.78, 5) is 28.8. The smallest absolute Gasteiger partial charge is 0.409 e. The number of nitrogens with zero attached hydrogens (tertiary/aromatic N) is 2. The molecule has 0 unspecified atom stereocenters. The Labute approximate surface area is 171 Å². The van der Waals surface area contributed by atoms with Gasteiger partial charge in [-0.1, -0.05) is 18.7 Å². The second-order valence-corrected chi connectivity index (χ2v) is 6.71. The lowest BCUT2D eigenvalue weighted by Crippen LogP contribution is -2.44. The number of hydrogen-bond acceptors (Lipinski definition) is 6. The lowest BCUT2D eigenvalue weighted by atomic mass is 10.1. The van der Waals surface area contributed by atoms with Crippen molar-refractivity contribution in [3.05, 3.63) is 48.3 Å². The van der Waals surface area contributed by atoms with Gasteiger partial charge in [-0.3, -0.25) is 4.79 Å². The lowest BCUT2D eigenvalue weighted by Gasteiger charge is -2.31. The molecule has 0 aliphatic carbocycles. The average molecular weight is 399 g/mol. The summed E-state index contributed by atoms with van der Waals surface area (Å²) in [5.41, 5.74) is 8.17. The van der Waals surface area contributed by atoms with Crippen LogP contribution in [0.4, 0.5) is 10.5 Å². The van der Waals surface area contributed by atoms with E-state index in [4.69, 9.17) is 10.5 Å². The number of ether oxygens (including phenoxy) is 1. The number of aliphatic imine (C=N–C) groups is 1. The van der Waals surface area contributed by atoms with Crippen LogP contribution in [-0.4, -0.2) is 48.9 Å². The molecule has 4 N–H and O–H groups in total. The maximum absolute atomic E-state index is 11.7. The fraction of sp³-hybridized carbons (Fsp3) is 0.381. The van der Waals surface area contributed by atoms with Crippen molar-refractivity contribution < 1.29 is 14.3 Å². The van der Waals surface area contributed by atoms with Crippen molar-refractivity contribution in [2.45, 2.75) is 32.7 Å². The van der Waals surface area contributed by atoms with Gasteiger partial charge >= 0.3 is 6.09 Å². The summed E-state index contributed by atoms with van der Waals surface area (Å²) in [5, 5.41) is 5.98. The molecule has 1 saturated heterocycles. The summed E-state index contributed by atoms with van der Waals surface area (Å²) in [6.45, 7) is 8.86. The van der Waals surface area contributed by atoms with Crippen molar-refractivity contribution in [2.75, 3.05) is 25.0 Å². The number of carbonyl (C=O) groups excluding carboxylic acids is 2. The molecule has 0 radical (unpaired) electrons. The van der Waals surface area contributed by atoms with E-state index in [9.17, 15) is 9.59 Å². The van der Waals surface area contributed by atoms with Gasteiger partial charge in [-0.15, -0.1) is 0 Å². The highest BCUT2D eigenvalue weighted by Gasteiger charge is 2.23. The van der Waals surface area contributed by atoms with Gasteiger partial charge in [0, 0.05) is 43.7 Å². The number of hydrogen-bond donors (Lipinski definition) is 3. The van der Waals surface area contributed by atoms with Gasteiger partial charge in [0.1, 0.15) is 5.82 Å². The quantitative estimate of drug-likeness (QED) is 0.611. The molecule has 1 heterocycles.